The Morgan fingerprint density at radius 2 is 2.13 bits per heavy atom. The van der Waals surface area contributed by atoms with Gasteiger partial charge in [-0.1, -0.05) is 0 Å². The number of aliphatic hydroxyl groups is 2. The highest BCUT2D eigenvalue weighted by molar-refractivity contribution is 6.08. The van der Waals surface area contributed by atoms with Crippen LogP contribution in [0, 0.1) is 12.8 Å². The second-order valence-electron chi connectivity index (χ2n) is 6.27. The number of carbonyl (C=O) groups is 1. The molecule has 1 aliphatic rings. The van der Waals surface area contributed by atoms with Gasteiger partial charge in [-0.3, -0.25) is 4.79 Å². The van der Waals surface area contributed by atoms with Gasteiger partial charge in [-0.2, -0.15) is 0 Å². The Bertz CT molecular complexity index is 753. The number of aliphatic hydroxyl groups excluding tert-OH is 2. The summed E-state index contributed by atoms with van der Waals surface area (Å²) in [7, 11) is 1.89. The van der Waals surface area contributed by atoms with Crippen molar-refractivity contribution >= 4 is 16.8 Å². The fourth-order valence-corrected chi connectivity index (χ4v) is 3.37. The third-order valence-electron chi connectivity index (χ3n) is 4.93. The van der Waals surface area contributed by atoms with Crippen molar-refractivity contribution in [3.63, 3.8) is 0 Å². The van der Waals surface area contributed by atoms with E-state index in [0.29, 0.717) is 23.9 Å². The highest BCUT2D eigenvalue weighted by Crippen LogP contribution is 2.30. The molecular weight excluding hydrogens is 296 g/mol. The number of piperidine rings is 1. The maximum atomic E-state index is 13.0. The fourth-order valence-electron chi connectivity index (χ4n) is 3.37. The van der Waals surface area contributed by atoms with Gasteiger partial charge in [0.15, 0.2) is 0 Å². The topological polar surface area (TPSA) is 85.9 Å². The predicted octanol–water partition coefficient (Wildman–Crippen LogP) is 1.01. The van der Waals surface area contributed by atoms with Gasteiger partial charge in [0.2, 0.25) is 0 Å². The molecule has 0 unspecified atom stereocenters. The molecule has 1 aromatic carbocycles. The fraction of sp³-hybridized carbons (Fsp3) is 0.471. The number of hydrogen-bond donors (Lipinski definition) is 3. The summed E-state index contributed by atoms with van der Waals surface area (Å²) >= 11 is 0. The molecule has 23 heavy (non-hydrogen) atoms. The average molecular weight is 318 g/mol. The molecule has 0 aliphatic carbocycles. The third-order valence-corrected chi connectivity index (χ3v) is 4.93. The number of carbonyl (C=O) groups excluding carboxylic acids is 1. The zero-order valence-corrected chi connectivity index (χ0v) is 13.4. The van der Waals surface area contributed by atoms with Crippen LogP contribution in [0.2, 0.25) is 0 Å². The molecule has 124 valence electrons. The van der Waals surface area contributed by atoms with Gasteiger partial charge >= 0.3 is 0 Å². The minimum atomic E-state index is -0.707. The second kappa shape index (κ2) is 5.86. The molecule has 0 saturated carbocycles. The Kier molecular flexibility index (Phi) is 4.04. The summed E-state index contributed by atoms with van der Waals surface area (Å²) in [6, 6.07) is 5.00. The molecule has 1 amide bonds. The molecule has 0 radical (unpaired) electrons. The van der Waals surface area contributed by atoms with Gasteiger partial charge in [0.1, 0.15) is 5.75 Å². The summed E-state index contributed by atoms with van der Waals surface area (Å²) in [6.45, 7) is 2.54. The maximum absolute atomic E-state index is 13.0. The zero-order chi connectivity index (χ0) is 16.7. The van der Waals surface area contributed by atoms with Crippen LogP contribution < -0.4 is 0 Å². The molecule has 2 heterocycles. The predicted molar refractivity (Wildman–Crippen MR) is 86.4 cm³/mol. The lowest BCUT2D eigenvalue weighted by atomic mass is 9.94. The first-order valence-electron chi connectivity index (χ1n) is 7.80. The number of aryl methyl sites for hydroxylation is 1. The van der Waals surface area contributed by atoms with Crippen LogP contribution in [0.1, 0.15) is 22.5 Å². The van der Waals surface area contributed by atoms with E-state index in [-0.39, 0.29) is 30.7 Å². The number of aromatic nitrogens is 1. The van der Waals surface area contributed by atoms with Gasteiger partial charge < -0.3 is 24.8 Å². The zero-order valence-electron chi connectivity index (χ0n) is 13.4. The first-order chi connectivity index (χ1) is 10.9. The molecule has 0 bridgehead atoms. The van der Waals surface area contributed by atoms with E-state index in [2.05, 4.69) is 0 Å². The summed E-state index contributed by atoms with van der Waals surface area (Å²) < 4.78 is 1.93. The van der Waals surface area contributed by atoms with Crippen molar-refractivity contribution in [3.8, 4) is 5.75 Å². The molecule has 6 nitrogen and oxygen atoms in total. The van der Waals surface area contributed by atoms with Crippen molar-refractivity contribution in [2.75, 3.05) is 19.7 Å². The molecule has 6 heteroatoms. The lowest BCUT2D eigenvalue weighted by Gasteiger charge is -2.35. The lowest BCUT2D eigenvalue weighted by molar-refractivity contribution is 0.000910. The minimum absolute atomic E-state index is 0.0651. The Morgan fingerprint density at radius 3 is 2.78 bits per heavy atom. The molecule has 2 aromatic rings. The quantitative estimate of drug-likeness (QED) is 0.771. The number of nitrogens with zero attached hydrogens (tertiary/aromatic N) is 2. The number of likely N-dealkylation sites (tertiary alicyclic amines) is 1. The Morgan fingerprint density at radius 1 is 1.39 bits per heavy atom. The van der Waals surface area contributed by atoms with Gasteiger partial charge in [-0.15, -0.1) is 0 Å². The first kappa shape index (κ1) is 15.8. The molecule has 2 atom stereocenters. The second-order valence-corrected chi connectivity index (χ2v) is 6.27. The largest absolute Gasteiger partial charge is 0.508 e. The van der Waals surface area contributed by atoms with E-state index < -0.39 is 6.10 Å². The number of β-amino-alcohol motifs (C(OH)–C–C–N with tert-alkyl or cyclic N) is 1. The molecule has 3 rings (SSSR count). The molecule has 0 spiro atoms. The SMILES string of the molecule is Cc1c(C(=O)N2CC[C@H](CO)[C@H](O)C2)c2cc(O)ccc2n1C. The third kappa shape index (κ3) is 2.58. The monoisotopic (exact) mass is 318 g/mol. The highest BCUT2D eigenvalue weighted by atomic mass is 16.3. The molecule has 3 N–H and O–H groups in total. The summed E-state index contributed by atoms with van der Waals surface area (Å²) in [4.78, 5) is 14.6. The van der Waals surface area contributed by atoms with Crippen molar-refractivity contribution in [2.24, 2.45) is 13.0 Å². The van der Waals surface area contributed by atoms with Crippen molar-refractivity contribution in [2.45, 2.75) is 19.4 Å². The number of amides is 1. The standard InChI is InChI=1S/C17H22N2O4/c1-10-16(13-7-12(21)3-4-14(13)18(10)2)17(23)19-6-5-11(9-20)15(22)8-19/h3-4,7,11,15,20-22H,5-6,8-9H2,1-2H3/t11-,15-/m1/s1. The van der Waals surface area contributed by atoms with Gasteiger partial charge in [-0.05, 0) is 31.5 Å². The van der Waals surface area contributed by atoms with Crippen molar-refractivity contribution in [1.29, 1.82) is 0 Å². The van der Waals surface area contributed by atoms with Crippen LogP contribution in [-0.4, -0.2) is 56.5 Å². The Labute approximate surface area is 134 Å². The van der Waals surface area contributed by atoms with Crippen LogP contribution in [0.25, 0.3) is 10.9 Å². The number of hydrogen-bond acceptors (Lipinski definition) is 4. The summed E-state index contributed by atoms with van der Waals surface area (Å²) in [5.74, 6) is -0.193. The number of aromatic hydroxyl groups is 1. The van der Waals surface area contributed by atoms with Crippen LogP contribution in [0.15, 0.2) is 18.2 Å². The minimum Gasteiger partial charge on any atom is -0.508 e. The molecule has 1 aliphatic heterocycles. The highest BCUT2D eigenvalue weighted by Gasteiger charge is 2.32. The van der Waals surface area contributed by atoms with Crippen molar-refractivity contribution < 1.29 is 20.1 Å². The smallest absolute Gasteiger partial charge is 0.256 e. The van der Waals surface area contributed by atoms with E-state index in [4.69, 9.17) is 0 Å². The van der Waals surface area contributed by atoms with Crippen LogP contribution >= 0.6 is 0 Å². The first-order valence-corrected chi connectivity index (χ1v) is 7.80. The van der Waals surface area contributed by atoms with Crippen LogP contribution in [-0.2, 0) is 7.05 Å². The average Bonchev–Trinajstić information content (AvgIpc) is 2.77. The number of fused-ring (bicyclic) bond motifs is 1. The molecule has 1 fully saturated rings. The van der Waals surface area contributed by atoms with E-state index >= 15 is 0 Å². The lowest BCUT2D eigenvalue weighted by Crippen LogP contribution is -2.47. The molecular formula is C17H22N2O4. The number of phenols is 1. The van der Waals surface area contributed by atoms with E-state index in [1.165, 1.54) is 0 Å². The summed E-state index contributed by atoms with van der Waals surface area (Å²) in [6.07, 6.45) is -0.125. The molecule has 1 saturated heterocycles. The van der Waals surface area contributed by atoms with Gasteiger partial charge in [0, 0.05) is 49.3 Å². The van der Waals surface area contributed by atoms with E-state index in [1.807, 2.05) is 18.5 Å². The van der Waals surface area contributed by atoms with Gasteiger partial charge in [0.05, 0.1) is 11.7 Å². The van der Waals surface area contributed by atoms with Gasteiger partial charge in [-0.25, -0.2) is 0 Å². The van der Waals surface area contributed by atoms with Gasteiger partial charge in [0.25, 0.3) is 5.91 Å². The van der Waals surface area contributed by atoms with Crippen LogP contribution in [0.3, 0.4) is 0 Å². The number of rotatable bonds is 2. The summed E-state index contributed by atoms with van der Waals surface area (Å²) in [5, 5.41) is 29.8. The van der Waals surface area contributed by atoms with E-state index in [9.17, 15) is 20.1 Å². The molecule has 1 aromatic heterocycles. The van der Waals surface area contributed by atoms with Crippen LogP contribution in [0.5, 0.6) is 5.75 Å². The Hall–Kier alpha value is -2.05. The summed E-state index contributed by atoms with van der Waals surface area (Å²) in [5.41, 5.74) is 2.27. The normalized spacial score (nSPS) is 21.8. The van der Waals surface area contributed by atoms with E-state index in [1.54, 1.807) is 23.1 Å². The maximum Gasteiger partial charge on any atom is 0.256 e. The van der Waals surface area contributed by atoms with Crippen LogP contribution in [0.4, 0.5) is 0 Å². The Balaban J connectivity index is 1.99. The van der Waals surface area contributed by atoms with E-state index in [0.717, 1.165) is 11.2 Å². The number of phenolic OH excluding ortho intramolecular Hbond substituents is 1. The van der Waals surface area contributed by atoms with Crippen molar-refractivity contribution in [3.05, 3.63) is 29.5 Å². The number of benzene rings is 1. The van der Waals surface area contributed by atoms with Crippen molar-refractivity contribution in [1.82, 2.24) is 9.47 Å².